The molecule has 0 aromatic heterocycles. The van der Waals surface area contributed by atoms with Crippen LogP contribution in [0.15, 0.2) is 0 Å². The van der Waals surface area contributed by atoms with Gasteiger partial charge in [-0.3, -0.25) is 4.79 Å². The number of carbonyl (C=O) groups is 1. The van der Waals surface area contributed by atoms with Gasteiger partial charge in [0.15, 0.2) is 16.6 Å². The average molecular weight is 551 g/mol. The van der Waals surface area contributed by atoms with Crippen molar-refractivity contribution in [3.63, 3.8) is 0 Å². The lowest BCUT2D eigenvalue weighted by Crippen LogP contribution is -2.60. The van der Waals surface area contributed by atoms with Crippen LogP contribution in [0.3, 0.4) is 0 Å². The minimum Gasteiger partial charge on any atom is -0.469 e. The summed E-state index contributed by atoms with van der Waals surface area (Å²) in [5.41, 5.74) is 0.650. The lowest BCUT2D eigenvalue weighted by atomic mass is 9.43. The molecule has 0 N–H and O–H groups in total. The second-order valence-electron chi connectivity index (χ2n) is 15.9. The summed E-state index contributed by atoms with van der Waals surface area (Å²) in [7, 11) is -1.70. The fraction of sp³-hybridized carbons (Fsp3) is 0.968. The monoisotopic (exact) mass is 550 g/mol. The summed E-state index contributed by atoms with van der Waals surface area (Å²) >= 11 is 0. The van der Waals surface area contributed by atoms with Crippen LogP contribution in [0.25, 0.3) is 0 Å². The number of rotatable bonds is 8. The molecule has 0 spiro atoms. The molecular formula is C31H58O4Si2. The summed E-state index contributed by atoms with van der Waals surface area (Å²) in [4.78, 5) is 12.0. The van der Waals surface area contributed by atoms with Crippen LogP contribution in [-0.4, -0.2) is 41.9 Å². The van der Waals surface area contributed by atoms with Gasteiger partial charge in [0.1, 0.15) is 0 Å². The number of hydrogen-bond acceptors (Lipinski definition) is 4. The molecule has 4 rings (SSSR count). The Balaban J connectivity index is 1.59. The van der Waals surface area contributed by atoms with Gasteiger partial charge in [0, 0.05) is 12.5 Å². The van der Waals surface area contributed by atoms with Crippen molar-refractivity contribution >= 4 is 22.6 Å². The quantitative estimate of drug-likeness (QED) is 0.225. The van der Waals surface area contributed by atoms with Gasteiger partial charge in [-0.1, -0.05) is 20.8 Å². The normalized spacial score (nSPS) is 42.9. The molecule has 6 heteroatoms. The molecular weight excluding hydrogens is 493 g/mol. The summed E-state index contributed by atoms with van der Waals surface area (Å²) in [6.45, 7) is 21.9. The summed E-state index contributed by atoms with van der Waals surface area (Å²) < 4.78 is 18.9. The van der Waals surface area contributed by atoms with Crippen LogP contribution in [-0.2, 0) is 18.4 Å². The van der Waals surface area contributed by atoms with Gasteiger partial charge in [0.2, 0.25) is 0 Å². The molecule has 0 aromatic rings. The zero-order chi connectivity index (χ0) is 27.4. The Morgan fingerprint density at radius 3 is 2.19 bits per heavy atom. The summed E-state index contributed by atoms with van der Waals surface area (Å²) in [6.07, 6.45) is 12.8. The lowest BCUT2D eigenvalue weighted by Gasteiger charge is -2.64. The third-order valence-electron chi connectivity index (χ3n) is 11.5. The van der Waals surface area contributed by atoms with Gasteiger partial charge >= 0.3 is 5.97 Å². The number of esters is 1. The number of methoxy groups -OCH3 is 1. The van der Waals surface area contributed by atoms with Crippen molar-refractivity contribution in [2.24, 2.45) is 46.3 Å². The van der Waals surface area contributed by atoms with Crippen LogP contribution in [0, 0.1) is 46.3 Å². The largest absolute Gasteiger partial charge is 0.469 e. The number of hydrogen-bond donors (Lipinski definition) is 0. The standard InChI is InChI=1S/C31H58O4Si2/c1-21(11-16-29(32)33-4)25-14-15-26-24-13-12-22-19-23(34-36(5,6)7)17-18-30(22,2)27(24)20-28(31(25,26)3)35-37(8,9)10/h21-28H,11-20H2,1-10H3/t21-,22+,23-,24?,25-,26?,27?,28-,30+,31-/m1/s1. The maximum absolute atomic E-state index is 12.0. The van der Waals surface area contributed by atoms with Gasteiger partial charge < -0.3 is 13.6 Å². The fourth-order valence-corrected chi connectivity index (χ4v) is 12.4. The topological polar surface area (TPSA) is 44.8 Å². The first-order chi connectivity index (χ1) is 17.1. The van der Waals surface area contributed by atoms with E-state index >= 15 is 0 Å². The summed E-state index contributed by atoms with van der Waals surface area (Å²) in [5, 5.41) is 0. The van der Waals surface area contributed by atoms with E-state index in [-0.39, 0.29) is 11.4 Å². The predicted octanol–water partition coefficient (Wildman–Crippen LogP) is 8.28. The third-order valence-corrected chi connectivity index (χ3v) is 13.5. The number of fused-ring (bicyclic) bond motifs is 5. The maximum Gasteiger partial charge on any atom is 0.305 e. The lowest BCUT2D eigenvalue weighted by molar-refractivity contribution is -0.169. The van der Waals surface area contributed by atoms with Crippen molar-refractivity contribution in [2.75, 3.05) is 7.11 Å². The molecule has 0 aliphatic heterocycles. The Kier molecular flexibility index (Phi) is 8.59. The Labute approximate surface area is 230 Å². The van der Waals surface area contributed by atoms with E-state index in [0.717, 1.165) is 30.1 Å². The molecule has 10 atom stereocenters. The minimum absolute atomic E-state index is 0.0647. The fourth-order valence-electron chi connectivity index (χ4n) is 9.97. The molecule has 3 unspecified atom stereocenters. The van der Waals surface area contributed by atoms with E-state index in [9.17, 15) is 4.79 Å². The van der Waals surface area contributed by atoms with Crippen molar-refractivity contribution in [1.82, 2.24) is 0 Å². The molecule has 0 saturated heterocycles. The minimum atomic E-state index is -1.71. The second-order valence-corrected chi connectivity index (χ2v) is 24.8. The number of carbonyl (C=O) groups excluding carboxylic acids is 1. The van der Waals surface area contributed by atoms with Crippen molar-refractivity contribution in [3.05, 3.63) is 0 Å². The molecule has 4 nitrogen and oxygen atoms in total. The smallest absolute Gasteiger partial charge is 0.305 e. The highest BCUT2D eigenvalue weighted by Crippen LogP contribution is 2.69. The van der Waals surface area contributed by atoms with Gasteiger partial charge in [-0.2, -0.15) is 0 Å². The first kappa shape index (κ1) is 29.8. The van der Waals surface area contributed by atoms with Crippen molar-refractivity contribution in [3.8, 4) is 0 Å². The van der Waals surface area contributed by atoms with Crippen molar-refractivity contribution < 1.29 is 18.4 Å². The highest BCUT2D eigenvalue weighted by molar-refractivity contribution is 6.70. The third kappa shape index (κ3) is 5.97. The first-order valence-corrected chi connectivity index (χ1v) is 22.3. The Morgan fingerprint density at radius 1 is 0.892 bits per heavy atom. The van der Waals surface area contributed by atoms with E-state index < -0.39 is 16.6 Å². The van der Waals surface area contributed by atoms with Gasteiger partial charge in [0.05, 0.1) is 13.2 Å². The molecule has 4 aliphatic rings. The van der Waals surface area contributed by atoms with Gasteiger partial charge in [-0.05, 0) is 143 Å². The Bertz CT molecular complexity index is 819. The Hall–Kier alpha value is -0.176. The average Bonchev–Trinajstić information content (AvgIpc) is 3.14. The van der Waals surface area contributed by atoms with Gasteiger partial charge in [0.25, 0.3) is 0 Å². The van der Waals surface area contributed by atoms with Crippen molar-refractivity contribution in [2.45, 2.75) is 136 Å². The van der Waals surface area contributed by atoms with Crippen molar-refractivity contribution in [1.29, 1.82) is 0 Å². The zero-order valence-corrected chi connectivity index (χ0v) is 27.8. The highest BCUT2D eigenvalue weighted by Gasteiger charge is 2.64. The van der Waals surface area contributed by atoms with Gasteiger partial charge in [-0.25, -0.2) is 0 Å². The molecule has 214 valence electrons. The summed E-state index contributed by atoms with van der Waals surface area (Å²) in [6, 6.07) is 0. The van der Waals surface area contributed by atoms with E-state index in [1.54, 1.807) is 0 Å². The Morgan fingerprint density at radius 2 is 1.57 bits per heavy atom. The maximum atomic E-state index is 12.0. The molecule has 4 aliphatic carbocycles. The molecule has 0 radical (unpaired) electrons. The van der Waals surface area contributed by atoms with E-state index in [1.807, 2.05) is 0 Å². The van der Waals surface area contributed by atoms with Crippen LogP contribution < -0.4 is 0 Å². The molecule has 0 heterocycles. The van der Waals surface area contributed by atoms with E-state index in [4.69, 9.17) is 13.6 Å². The number of ether oxygens (including phenoxy) is 1. The zero-order valence-electron chi connectivity index (χ0n) is 25.8. The SMILES string of the molecule is COC(=O)CC[C@@H](C)[C@H]1CCC2C3CC[C@H]4C[C@H](O[Si](C)(C)C)CC[C@]4(C)C3C[C@@H](O[Si](C)(C)C)[C@@]21C. The highest BCUT2D eigenvalue weighted by atomic mass is 28.4. The van der Waals surface area contributed by atoms with E-state index in [0.29, 0.717) is 35.9 Å². The van der Waals surface area contributed by atoms with Gasteiger partial charge in [-0.15, -0.1) is 0 Å². The molecule has 0 bridgehead atoms. The first-order valence-electron chi connectivity index (χ1n) is 15.5. The predicted molar refractivity (Wildman–Crippen MR) is 157 cm³/mol. The molecule has 0 aromatic carbocycles. The molecule has 37 heavy (non-hydrogen) atoms. The molecule has 0 amide bonds. The van der Waals surface area contributed by atoms with E-state index in [2.05, 4.69) is 60.1 Å². The molecule has 4 fully saturated rings. The molecule has 4 saturated carbocycles. The second kappa shape index (κ2) is 10.7. The van der Waals surface area contributed by atoms with Crippen LogP contribution in [0.4, 0.5) is 0 Å². The van der Waals surface area contributed by atoms with E-state index in [1.165, 1.54) is 58.5 Å². The van der Waals surface area contributed by atoms with Crippen LogP contribution in [0.2, 0.25) is 39.3 Å². The van der Waals surface area contributed by atoms with Crippen LogP contribution in [0.1, 0.15) is 85.0 Å². The summed E-state index contributed by atoms with van der Waals surface area (Å²) in [5.74, 6) is 4.27. The van der Waals surface area contributed by atoms with Crippen LogP contribution >= 0.6 is 0 Å². The van der Waals surface area contributed by atoms with Crippen LogP contribution in [0.5, 0.6) is 0 Å².